The van der Waals surface area contributed by atoms with Crippen LogP contribution in [0.15, 0.2) is 40.8 Å². The Labute approximate surface area is 223 Å². The van der Waals surface area contributed by atoms with E-state index < -0.39 is 5.60 Å². The Bertz CT molecular complexity index is 1280. The van der Waals surface area contributed by atoms with Crippen LogP contribution in [0.4, 0.5) is 16.2 Å². The molecule has 204 valence electrons. The summed E-state index contributed by atoms with van der Waals surface area (Å²) in [5.74, 6) is 0.991. The first-order chi connectivity index (χ1) is 18.1. The molecule has 2 aromatic carbocycles. The van der Waals surface area contributed by atoms with Gasteiger partial charge in [-0.2, -0.15) is 0 Å². The SMILES string of the molecule is CCOc1ccc2c(C)c(C(=O)Nc3ccc(N4CCN(C(=O)OC(C)(C)C)CC4)cc3)oc2c1OCC. The lowest BCUT2D eigenvalue weighted by molar-refractivity contribution is 0.0240. The van der Waals surface area contributed by atoms with Crippen LogP contribution in [0.25, 0.3) is 11.0 Å². The highest BCUT2D eigenvalue weighted by atomic mass is 16.6. The Balaban J connectivity index is 1.42. The van der Waals surface area contributed by atoms with Gasteiger partial charge in [0.2, 0.25) is 5.75 Å². The lowest BCUT2D eigenvalue weighted by Gasteiger charge is -2.36. The largest absolute Gasteiger partial charge is 0.490 e. The van der Waals surface area contributed by atoms with Crippen molar-refractivity contribution in [3.63, 3.8) is 0 Å². The Kier molecular flexibility index (Phi) is 8.04. The third kappa shape index (κ3) is 5.98. The Morgan fingerprint density at radius 3 is 2.21 bits per heavy atom. The van der Waals surface area contributed by atoms with Gasteiger partial charge in [-0.05, 0) is 77.9 Å². The van der Waals surface area contributed by atoms with Crippen LogP contribution in [0.5, 0.6) is 11.5 Å². The number of carbonyl (C=O) groups is 2. The van der Waals surface area contributed by atoms with Gasteiger partial charge in [0, 0.05) is 48.5 Å². The average Bonchev–Trinajstić information content (AvgIpc) is 3.22. The maximum atomic E-state index is 13.1. The number of fused-ring (bicyclic) bond motifs is 1. The fourth-order valence-corrected chi connectivity index (χ4v) is 4.43. The number of anilines is 2. The molecule has 1 N–H and O–H groups in total. The third-order valence-electron chi connectivity index (χ3n) is 6.24. The molecule has 1 fully saturated rings. The average molecular weight is 524 g/mol. The van der Waals surface area contributed by atoms with Gasteiger partial charge in [-0.15, -0.1) is 0 Å². The van der Waals surface area contributed by atoms with E-state index in [0.29, 0.717) is 62.2 Å². The van der Waals surface area contributed by atoms with Crippen LogP contribution >= 0.6 is 0 Å². The molecule has 1 aromatic heterocycles. The van der Waals surface area contributed by atoms with Crippen molar-refractivity contribution >= 4 is 34.3 Å². The molecule has 0 saturated carbocycles. The molecule has 0 aliphatic carbocycles. The highest BCUT2D eigenvalue weighted by Gasteiger charge is 2.26. The predicted octanol–water partition coefficient (Wildman–Crippen LogP) is 5.85. The molecule has 0 radical (unpaired) electrons. The molecule has 1 aliphatic rings. The molecule has 0 bridgehead atoms. The van der Waals surface area contributed by atoms with Gasteiger partial charge in [0.15, 0.2) is 17.1 Å². The number of aryl methyl sites for hydroxylation is 1. The predicted molar refractivity (Wildman–Crippen MR) is 148 cm³/mol. The number of furan rings is 1. The fourth-order valence-electron chi connectivity index (χ4n) is 4.43. The fraction of sp³-hybridized carbons (Fsp3) is 0.448. The molecule has 4 rings (SSSR count). The third-order valence-corrected chi connectivity index (χ3v) is 6.24. The quantitative estimate of drug-likeness (QED) is 0.415. The molecule has 0 spiro atoms. The van der Waals surface area contributed by atoms with Crippen molar-refractivity contribution in [1.82, 2.24) is 4.90 Å². The highest BCUT2D eigenvalue weighted by molar-refractivity contribution is 6.07. The lowest BCUT2D eigenvalue weighted by atomic mass is 10.1. The van der Waals surface area contributed by atoms with E-state index in [9.17, 15) is 9.59 Å². The van der Waals surface area contributed by atoms with E-state index in [1.807, 2.05) is 77.9 Å². The monoisotopic (exact) mass is 523 g/mol. The van der Waals surface area contributed by atoms with Crippen LogP contribution in [-0.2, 0) is 4.74 Å². The number of benzene rings is 2. The summed E-state index contributed by atoms with van der Waals surface area (Å²) in [5, 5.41) is 3.74. The van der Waals surface area contributed by atoms with Crippen molar-refractivity contribution in [2.24, 2.45) is 0 Å². The van der Waals surface area contributed by atoms with Gasteiger partial charge < -0.3 is 33.7 Å². The summed E-state index contributed by atoms with van der Waals surface area (Å²) in [6, 6.07) is 11.4. The zero-order valence-electron chi connectivity index (χ0n) is 23.1. The minimum atomic E-state index is -0.507. The highest BCUT2D eigenvalue weighted by Crippen LogP contribution is 2.40. The topological polar surface area (TPSA) is 93.5 Å². The number of ether oxygens (including phenoxy) is 3. The van der Waals surface area contributed by atoms with E-state index in [4.69, 9.17) is 18.6 Å². The maximum Gasteiger partial charge on any atom is 0.410 e. The van der Waals surface area contributed by atoms with E-state index >= 15 is 0 Å². The molecule has 1 saturated heterocycles. The van der Waals surface area contributed by atoms with E-state index in [1.165, 1.54) is 0 Å². The van der Waals surface area contributed by atoms with E-state index in [2.05, 4.69) is 10.2 Å². The zero-order valence-corrected chi connectivity index (χ0v) is 23.1. The van der Waals surface area contributed by atoms with Crippen molar-refractivity contribution in [3.05, 3.63) is 47.7 Å². The van der Waals surface area contributed by atoms with Crippen molar-refractivity contribution in [2.75, 3.05) is 49.6 Å². The van der Waals surface area contributed by atoms with Crippen LogP contribution in [0.3, 0.4) is 0 Å². The van der Waals surface area contributed by atoms with Crippen molar-refractivity contribution in [2.45, 2.75) is 47.1 Å². The minimum Gasteiger partial charge on any atom is -0.490 e. The van der Waals surface area contributed by atoms with Gasteiger partial charge in [0.1, 0.15) is 5.60 Å². The van der Waals surface area contributed by atoms with Gasteiger partial charge in [-0.1, -0.05) is 0 Å². The molecule has 2 amide bonds. The molecular weight excluding hydrogens is 486 g/mol. The smallest absolute Gasteiger partial charge is 0.410 e. The summed E-state index contributed by atoms with van der Waals surface area (Å²) in [6.45, 7) is 14.8. The van der Waals surface area contributed by atoms with E-state index in [-0.39, 0.29) is 17.8 Å². The van der Waals surface area contributed by atoms with Gasteiger partial charge in [-0.3, -0.25) is 4.79 Å². The summed E-state index contributed by atoms with van der Waals surface area (Å²) in [5.41, 5.74) is 2.41. The number of hydrogen-bond acceptors (Lipinski definition) is 7. The second kappa shape index (κ2) is 11.2. The van der Waals surface area contributed by atoms with Crippen LogP contribution in [0.1, 0.15) is 50.7 Å². The normalized spacial score (nSPS) is 13.9. The Morgan fingerprint density at radius 2 is 1.61 bits per heavy atom. The minimum absolute atomic E-state index is 0.233. The molecule has 2 heterocycles. The van der Waals surface area contributed by atoms with Crippen LogP contribution in [0, 0.1) is 6.92 Å². The summed E-state index contributed by atoms with van der Waals surface area (Å²) in [7, 11) is 0. The van der Waals surface area contributed by atoms with E-state index in [0.717, 1.165) is 16.6 Å². The molecule has 9 nitrogen and oxygen atoms in total. The second-order valence-corrected chi connectivity index (χ2v) is 10.1. The summed E-state index contributed by atoms with van der Waals surface area (Å²) < 4.78 is 23.0. The number of rotatable bonds is 7. The number of hydrogen-bond donors (Lipinski definition) is 1. The van der Waals surface area contributed by atoms with Crippen molar-refractivity contribution < 1.29 is 28.2 Å². The second-order valence-electron chi connectivity index (χ2n) is 10.1. The van der Waals surface area contributed by atoms with Crippen molar-refractivity contribution in [1.29, 1.82) is 0 Å². The molecule has 9 heteroatoms. The molecule has 3 aromatic rings. The zero-order chi connectivity index (χ0) is 27.4. The molecule has 0 unspecified atom stereocenters. The lowest BCUT2D eigenvalue weighted by Crippen LogP contribution is -2.50. The number of nitrogens with zero attached hydrogens (tertiary/aromatic N) is 2. The maximum absolute atomic E-state index is 13.1. The summed E-state index contributed by atoms with van der Waals surface area (Å²) in [4.78, 5) is 29.4. The van der Waals surface area contributed by atoms with Crippen LogP contribution < -0.4 is 19.7 Å². The Morgan fingerprint density at radius 1 is 0.947 bits per heavy atom. The first kappa shape index (κ1) is 27.2. The van der Waals surface area contributed by atoms with Gasteiger partial charge in [-0.25, -0.2) is 4.79 Å². The first-order valence-corrected chi connectivity index (χ1v) is 13.1. The number of nitrogens with one attached hydrogen (secondary N) is 1. The molecular formula is C29H37N3O6. The summed E-state index contributed by atoms with van der Waals surface area (Å²) in [6.07, 6.45) is -0.279. The number of piperazine rings is 1. The number of amides is 2. The summed E-state index contributed by atoms with van der Waals surface area (Å²) >= 11 is 0. The van der Waals surface area contributed by atoms with Gasteiger partial charge >= 0.3 is 6.09 Å². The van der Waals surface area contributed by atoms with Crippen LogP contribution in [-0.4, -0.2) is 61.9 Å². The van der Waals surface area contributed by atoms with Crippen LogP contribution in [0.2, 0.25) is 0 Å². The van der Waals surface area contributed by atoms with Gasteiger partial charge in [0.05, 0.1) is 13.2 Å². The van der Waals surface area contributed by atoms with Gasteiger partial charge in [0.25, 0.3) is 5.91 Å². The van der Waals surface area contributed by atoms with Crippen molar-refractivity contribution in [3.8, 4) is 11.5 Å². The van der Waals surface area contributed by atoms with E-state index in [1.54, 1.807) is 4.90 Å². The molecule has 1 aliphatic heterocycles. The standard InChI is InChI=1S/C29H37N3O6/c1-7-35-23-14-13-22-19(3)24(37-25(22)26(23)36-8-2)27(33)30-20-9-11-21(12-10-20)31-15-17-32(18-16-31)28(34)38-29(4,5)6/h9-14H,7-8,15-18H2,1-6H3,(H,30,33). The number of carbonyl (C=O) groups excluding carboxylic acids is 2. The first-order valence-electron chi connectivity index (χ1n) is 13.1. The Hall–Kier alpha value is -3.88. The molecule has 0 atom stereocenters. The molecule has 38 heavy (non-hydrogen) atoms.